The first-order valence-corrected chi connectivity index (χ1v) is 13.9. The van der Waals surface area contributed by atoms with Gasteiger partial charge in [0, 0.05) is 50.3 Å². The predicted octanol–water partition coefficient (Wildman–Crippen LogP) is 5.42. The van der Waals surface area contributed by atoms with E-state index in [1.807, 2.05) is 0 Å². The van der Waals surface area contributed by atoms with Crippen LogP contribution in [0.15, 0.2) is 59.5 Å². The molecule has 0 aliphatic carbocycles. The third-order valence-corrected chi connectivity index (χ3v) is 8.29. The van der Waals surface area contributed by atoms with Crippen molar-refractivity contribution in [1.82, 2.24) is 19.4 Å². The van der Waals surface area contributed by atoms with Gasteiger partial charge < -0.3 is 19.0 Å². The molecule has 0 amide bonds. The number of hydrogen-bond donors (Lipinski definition) is 0. The minimum Gasteiger partial charge on any atom is -0.487 e. The lowest BCUT2D eigenvalue weighted by molar-refractivity contribution is 0.114. The molecule has 3 atom stereocenters. The zero-order valence-electron chi connectivity index (χ0n) is 23.9. The van der Waals surface area contributed by atoms with Crippen LogP contribution in [0.4, 0.5) is 15.9 Å². The lowest BCUT2D eigenvalue weighted by Crippen LogP contribution is -2.57. The van der Waals surface area contributed by atoms with Gasteiger partial charge in [-0.3, -0.25) is 14.7 Å². The lowest BCUT2D eigenvalue weighted by atomic mass is 9.93. The van der Waals surface area contributed by atoms with Crippen LogP contribution in [0.3, 0.4) is 0 Å². The average molecular weight is 553 g/mol. The molecule has 4 aromatic rings. The van der Waals surface area contributed by atoms with Crippen LogP contribution in [0.5, 0.6) is 5.75 Å². The van der Waals surface area contributed by atoms with E-state index in [4.69, 9.17) is 11.3 Å². The number of fused-ring (bicyclic) bond motifs is 2. The van der Waals surface area contributed by atoms with Crippen molar-refractivity contribution in [2.75, 3.05) is 18.0 Å². The van der Waals surface area contributed by atoms with Gasteiger partial charge in [0.2, 0.25) is 5.52 Å². The summed E-state index contributed by atoms with van der Waals surface area (Å²) in [6.07, 6.45) is 2.09. The quantitative estimate of drug-likeness (QED) is 0.315. The van der Waals surface area contributed by atoms with Gasteiger partial charge in [0.05, 0.1) is 29.1 Å². The van der Waals surface area contributed by atoms with Crippen LogP contribution in [0.2, 0.25) is 0 Å². The summed E-state index contributed by atoms with van der Waals surface area (Å²) in [5, 5.41) is 0. The van der Waals surface area contributed by atoms with E-state index < -0.39 is 0 Å². The van der Waals surface area contributed by atoms with Gasteiger partial charge in [-0.2, -0.15) is 0 Å². The fourth-order valence-corrected chi connectivity index (χ4v) is 6.34. The monoisotopic (exact) mass is 552 g/mol. The van der Waals surface area contributed by atoms with Crippen LogP contribution in [0.1, 0.15) is 50.6 Å². The summed E-state index contributed by atoms with van der Waals surface area (Å²) >= 11 is 0. The van der Waals surface area contributed by atoms with Gasteiger partial charge in [0.1, 0.15) is 17.2 Å². The zero-order valence-corrected chi connectivity index (χ0v) is 23.9. The molecule has 0 bridgehead atoms. The summed E-state index contributed by atoms with van der Waals surface area (Å²) in [5.74, 6) is 0.794. The Morgan fingerprint density at radius 2 is 1.93 bits per heavy atom. The SMILES string of the molecule is [C-]#[N+]c1ccc2c(n1)c(N1C[C@@H](C)N(C(c3ccc(F)cn3)c3cccc4c3OC(C)(C)C4)C[C@@H]1C)cc(=O)n2C. The Hall–Kier alpha value is -4.29. The number of aromatic nitrogens is 3. The minimum absolute atomic E-state index is 0.00280. The molecule has 2 aliphatic heterocycles. The highest BCUT2D eigenvalue weighted by atomic mass is 19.1. The number of aryl methyl sites for hydroxylation is 1. The Morgan fingerprint density at radius 1 is 1.12 bits per heavy atom. The van der Waals surface area contributed by atoms with Crippen molar-refractivity contribution in [1.29, 1.82) is 0 Å². The molecule has 1 fully saturated rings. The van der Waals surface area contributed by atoms with E-state index in [9.17, 15) is 9.18 Å². The highest BCUT2D eigenvalue weighted by Gasteiger charge is 2.40. The Bertz CT molecular complexity index is 1740. The van der Waals surface area contributed by atoms with E-state index in [2.05, 4.69) is 70.5 Å². The summed E-state index contributed by atoms with van der Waals surface area (Å²) in [5.41, 5.74) is 4.55. The molecule has 1 aromatic carbocycles. The number of hydrogen-bond acceptors (Lipinski definition) is 6. The van der Waals surface area contributed by atoms with Gasteiger partial charge in [-0.15, -0.1) is 4.98 Å². The van der Waals surface area contributed by atoms with Crippen LogP contribution >= 0.6 is 0 Å². The van der Waals surface area contributed by atoms with Crippen molar-refractivity contribution in [3.8, 4) is 5.75 Å². The lowest BCUT2D eigenvalue weighted by Gasteiger charge is -2.48. The number of rotatable bonds is 4. The molecule has 0 saturated carbocycles. The maximum absolute atomic E-state index is 14.0. The normalized spacial score (nSPS) is 20.9. The number of nitrogens with zero attached hydrogens (tertiary/aromatic N) is 6. The second-order valence-electron chi connectivity index (χ2n) is 11.8. The van der Waals surface area contributed by atoms with Crippen LogP contribution in [0, 0.1) is 12.4 Å². The van der Waals surface area contributed by atoms with Crippen molar-refractivity contribution in [3.05, 3.63) is 99.1 Å². The highest BCUT2D eigenvalue weighted by molar-refractivity contribution is 5.89. The smallest absolute Gasteiger partial charge is 0.270 e. The fourth-order valence-electron chi connectivity index (χ4n) is 6.34. The standard InChI is InChI=1S/C32H33FN6O2/c1-19-18-39(20(2)17-38(19)26-14-28(40)37(6)25-12-13-27(34-5)36-29(25)26)30(24-11-10-22(33)16-35-24)23-9-7-8-21-15-32(3,4)41-31(21)23/h7-14,16,19-20,30H,15,17-18H2,1-4,6H3/t19-,20+,30?/m0/s1. The van der Waals surface area contributed by atoms with E-state index in [1.165, 1.54) is 12.3 Å². The van der Waals surface area contributed by atoms with E-state index in [0.29, 0.717) is 29.9 Å². The second kappa shape index (κ2) is 9.96. The number of ether oxygens (including phenoxy) is 1. The molecule has 2 aliphatic rings. The van der Waals surface area contributed by atoms with E-state index in [1.54, 1.807) is 35.9 Å². The first kappa shape index (κ1) is 26.9. The number of benzene rings is 1. The van der Waals surface area contributed by atoms with Gasteiger partial charge >= 0.3 is 0 Å². The molecule has 0 N–H and O–H groups in total. The van der Waals surface area contributed by atoms with Gasteiger partial charge in [-0.1, -0.05) is 24.8 Å². The van der Waals surface area contributed by atoms with E-state index in [-0.39, 0.29) is 35.1 Å². The number of pyridine rings is 3. The summed E-state index contributed by atoms with van der Waals surface area (Å²) in [6.45, 7) is 17.2. The Balaban J connectivity index is 1.42. The Morgan fingerprint density at radius 3 is 2.66 bits per heavy atom. The van der Waals surface area contributed by atoms with Gasteiger partial charge in [-0.05, 0) is 57.5 Å². The van der Waals surface area contributed by atoms with Crippen LogP contribution < -0.4 is 15.2 Å². The van der Waals surface area contributed by atoms with Crippen molar-refractivity contribution < 1.29 is 9.13 Å². The molecule has 0 spiro atoms. The van der Waals surface area contributed by atoms with E-state index in [0.717, 1.165) is 34.7 Å². The van der Waals surface area contributed by atoms with Crippen LogP contribution in [-0.2, 0) is 13.5 Å². The van der Waals surface area contributed by atoms with E-state index >= 15 is 0 Å². The molecular formula is C32H33FN6O2. The third-order valence-electron chi connectivity index (χ3n) is 8.29. The second-order valence-corrected chi connectivity index (χ2v) is 11.8. The number of halogens is 1. The number of piperazine rings is 1. The first-order chi connectivity index (χ1) is 19.6. The molecular weight excluding hydrogens is 519 g/mol. The summed E-state index contributed by atoms with van der Waals surface area (Å²) < 4.78 is 22.0. The van der Waals surface area contributed by atoms with Gasteiger partial charge in [0.25, 0.3) is 11.4 Å². The van der Waals surface area contributed by atoms with Crippen molar-refractivity contribution >= 4 is 22.5 Å². The maximum Gasteiger partial charge on any atom is 0.270 e. The summed E-state index contributed by atoms with van der Waals surface area (Å²) in [6, 6.07) is 14.3. The number of para-hydroxylation sites is 1. The molecule has 41 heavy (non-hydrogen) atoms. The molecule has 8 nitrogen and oxygen atoms in total. The predicted molar refractivity (Wildman–Crippen MR) is 157 cm³/mol. The molecule has 0 radical (unpaired) electrons. The minimum atomic E-state index is -0.377. The molecule has 6 rings (SSSR count). The molecule has 9 heteroatoms. The van der Waals surface area contributed by atoms with Gasteiger partial charge in [0.15, 0.2) is 0 Å². The van der Waals surface area contributed by atoms with Crippen LogP contribution in [-0.4, -0.2) is 50.2 Å². The van der Waals surface area contributed by atoms with Crippen LogP contribution in [0.25, 0.3) is 15.9 Å². The molecule has 1 saturated heterocycles. The molecule has 210 valence electrons. The average Bonchev–Trinajstić information content (AvgIpc) is 3.28. The summed E-state index contributed by atoms with van der Waals surface area (Å²) in [4.78, 5) is 30.2. The van der Waals surface area contributed by atoms with Crippen molar-refractivity contribution in [2.45, 2.75) is 57.8 Å². The molecule has 5 heterocycles. The van der Waals surface area contributed by atoms with Crippen molar-refractivity contribution in [3.63, 3.8) is 0 Å². The Labute approximate surface area is 238 Å². The molecule has 1 unspecified atom stereocenters. The zero-order chi connectivity index (χ0) is 29.1. The first-order valence-electron chi connectivity index (χ1n) is 13.9. The Kier molecular flexibility index (Phi) is 6.54. The maximum atomic E-state index is 14.0. The topological polar surface area (TPSA) is 67.9 Å². The molecule has 3 aromatic heterocycles. The van der Waals surface area contributed by atoms with Gasteiger partial charge in [-0.25, -0.2) is 4.39 Å². The summed E-state index contributed by atoms with van der Waals surface area (Å²) in [7, 11) is 1.72. The fraction of sp³-hybridized carbons (Fsp3) is 0.375. The largest absolute Gasteiger partial charge is 0.487 e. The van der Waals surface area contributed by atoms with Crippen molar-refractivity contribution in [2.24, 2.45) is 7.05 Å². The third kappa shape index (κ3) is 4.72. The highest BCUT2D eigenvalue weighted by Crippen LogP contribution is 2.44. The number of anilines is 1.